The van der Waals surface area contributed by atoms with E-state index < -0.39 is 41.3 Å². The van der Waals surface area contributed by atoms with E-state index in [0.29, 0.717) is 11.8 Å². The molecule has 0 spiro atoms. The van der Waals surface area contributed by atoms with Crippen LogP contribution in [-0.2, 0) is 9.53 Å². The second kappa shape index (κ2) is 10.8. The molecule has 5 unspecified atom stereocenters. The summed E-state index contributed by atoms with van der Waals surface area (Å²) >= 11 is 7.57. The molecular formula is C19H35ClN2O5S. The van der Waals surface area contributed by atoms with Gasteiger partial charge in [-0.1, -0.05) is 20.3 Å². The van der Waals surface area contributed by atoms with Gasteiger partial charge in [0.1, 0.15) is 29.9 Å². The Morgan fingerprint density at radius 2 is 2.00 bits per heavy atom. The Morgan fingerprint density at radius 3 is 2.57 bits per heavy atom. The average Bonchev–Trinajstić information content (AvgIpc) is 2.86. The molecule has 2 fully saturated rings. The maximum Gasteiger partial charge on any atom is 0.237 e. The van der Waals surface area contributed by atoms with Crippen LogP contribution in [0.1, 0.15) is 40.0 Å². The van der Waals surface area contributed by atoms with Crippen molar-refractivity contribution in [1.82, 2.24) is 10.6 Å². The lowest BCUT2D eigenvalue weighted by atomic mass is 9.85. The van der Waals surface area contributed by atoms with E-state index in [9.17, 15) is 20.1 Å². The first kappa shape index (κ1) is 24.2. The number of hydrogen-bond donors (Lipinski definition) is 5. The molecule has 0 aromatic heterocycles. The van der Waals surface area contributed by atoms with Gasteiger partial charge >= 0.3 is 0 Å². The van der Waals surface area contributed by atoms with Crippen LogP contribution in [0.4, 0.5) is 0 Å². The number of aliphatic hydroxyl groups excluding tert-OH is 3. The number of halogens is 1. The molecule has 0 bridgehead atoms. The normalized spacial score (nSPS) is 41.7. The molecule has 0 aliphatic carbocycles. The van der Waals surface area contributed by atoms with Crippen molar-refractivity contribution in [1.29, 1.82) is 0 Å². The van der Waals surface area contributed by atoms with E-state index in [1.807, 2.05) is 0 Å². The van der Waals surface area contributed by atoms with Crippen molar-refractivity contribution in [3.63, 3.8) is 0 Å². The monoisotopic (exact) mass is 438 g/mol. The molecule has 7 nitrogen and oxygen atoms in total. The smallest absolute Gasteiger partial charge is 0.237 e. The number of nitrogens with one attached hydrogen (secondary N) is 2. The number of thioether (sulfide) groups is 1. The Hall–Kier alpha value is -0.0900. The summed E-state index contributed by atoms with van der Waals surface area (Å²) in [4.78, 5) is 13.0. The van der Waals surface area contributed by atoms with Crippen molar-refractivity contribution in [3.05, 3.63) is 0 Å². The molecule has 28 heavy (non-hydrogen) atoms. The number of carbonyl (C=O) groups excluding carboxylic acids is 1. The summed E-state index contributed by atoms with van der Waals surface area (Å²) in [5, 5.41) is 36.4. The summed E-state index contributed by atoms with van der Waals surface area (Å²) in [7, 11) is 0. The Kier molecular flexibility index (Phi) is 9.32. The van der Waals surface area contributed by atoms with E-state index >= 15 is 0 Å². The third kappa shape index (κ3) is 5.53. The van der Waals surface area contributed by atoms with Crippen molar-refractivity contribution in [3.8, 4) is 0 Å². The Labute approximate surface area is 176 Å². The summed E-state index contributed by atoms with van der Waals surface area (Å²) in [6.45, 7) is 6.86. The van der Waals surface area contributed by atoms with Crippen molar-refractivity contribution < 1.29 is 24.9 Å². The maximum atomic E-state index is 13.0. The fourth-order valence-corrected chi connectivity index (χ4v) is 5.08. The highest BCUT2D eigenvalue weighted by Crippen LogP contribution is 2.31. The van der Waals surface area contributed by atoms with Crippen LogP contribution in [0, 0.1) is 11.8 Å². The van der Waals surface area contributed by atoms with Gasteiger partial charge in [0, 0.05) is 0 Å². The largest absolute Gasteiger partial charge is 0.388 e. The minimum atomic E-state index is -1.37. The standard InChI is InChI=1S/C19H35ClN2O5S/c1-5-11-8-12(21-7-6-9(11)2)18(26)22-13(10(3)20)17-15(24)14(23)16(25)19(27-17)28-4/h9-17,19,21,23-25H,5-8H2,1-4H3,(H,22,26)/t9?,10?,11?,12?,13?,14-,15+,16+,17+,19+/m0/s1. The SMILES string of the molecule is CCC1CC(C(=O)NC(C(C)Cl)[C@H]2O[C@H](SC)[C@H](O)[C@@H](O)[C@H]2O)NCCC1C. The topological polar surface area (TPSA) is 111 Å². The predicted molar refractivity (Wildman–Crippen MR) is 111 cm³/mol. The summed E-state index contributed by atoms with van der Waals surface area (Å²) in [6, 6.07) is -1.04. The van der Waals surface area contributed by atoms with Crippen LogP contribution in [0.15, 0.2) is 0 Å². The summed E-state index contributed by atoms with van der Waals surface area (Å²) < 4.78 is 5.81. The highest BCUT2D eigenvalue weighted by Gasteiger charge is 2.48. The van der Waals surface area contributed by atoms with Crippen molar-refractivity contribution in [2.75, 3.05) is 12.8 Å². The molecule has 2 aliphatic rings. The van der Waals surface area contributed by atoms with Crippen LogP contribution in [-0.4, -0.2) is 81.3 Å². The fraction of sp³-hybridized carbons (Fsp3) is 0.947. The van der Waals surface area contributed by atoms with Gasteiger partial charge in [0.15, 0.2) is 0 Å². The van der Waals surface area contributed by atoms with Gasteiger partial charge in [-0.3, -0.25) is 4.79 Å². The summed E-state index contributed by atoms with van der Waals surface area (Å²) in [5.41, 5.74) is -0.709. The number of carbonyl (C=O) groups is 1. The van der Waals surface area contributed by atoms with Crippen molar-refractivity contribution in [2.45, 2.75) is 87.3 Å². The van der Waals surface area contributed by atoms with Crippen LogP contribution >= 0.6 is 23.4 Å². The van der Waals surface area contributed by atoms with Gasteiger partial charge in [-0.2, -0.15) is 0 Å². The molecule has 5 N–H and O–H groups in total. The molecule has 2 heterocycles. The van der Waals surface area contributed by atoms with E-state index in [0.717, 1.165) is 25.8 Å². The lowest BCUT2D eigenvalue weighted by Gasteiger charge is -2.44. The minimum absolute atomic E-state index is 0.179. The van der Waals surface area contributed by atoms with Gasteiger partial charge in [0.25, 0.3) is 0 Å². The number of ether oxygens (including phenoxy) is 1. The second-order valence-corrected chi connectivity index (χ2v) is 9.69. The van der Waals surface area contributed by atoms with Crippen LogP contribution < -0.4 is 10.6 Å². The third-order valence-corrected chi connectivity index (χ3v) is 7.30. The Balaban J connectivity index is 2.12. The van der Waals surface area contributed by atoms with E-state index in [1.165, 1.54) is 11.8 Å². The lowest BCUT2D eigenvalue weighted by molar-refractivity contribution is -0.205. The van der Waals surface area contributed by atoms with E-state index in [1.54, 1.807) is 13.2 Å². The predicted octanol–water partition coefficient (Wildman–Crippen LogP) is 0.683. The fourth-order valence-electron chi connectivity index (χ4n) is 4.20. The van der Waals surface area contributed by atoms with E-state index in [2.05, 4.69) is 24.5 Å². The molecule has 9 heteroatoms. The molecule has 0 aromatic carbocycles. The Morgan fingerprint density at radius 1 is 1.32 bits per heavy atom. The zero-order valence-electron chi connectivity index (χ0n) is 17.0. The van der Waals surface area contributed by atoms with Crippen LogP contribution in [0.2, 0.25) is 0 Å². The quantitative estimate of drug-likeness (QED) is 0.388. The van der Waals surface area contributed by atoms with E-state index in [-0.39, 0.29) is 11.9 Å². The van der Waals surface area contributed by atoms with Gasteiger partial charge in [0.2, 0.25) is 5.91 Å². The first-order chi connectivity index (χ1) is 13.2. The highest BCUT2D eigenvalue weighted by molar-refractivity contribution is 7.99. The number of amides is 1. The number of alkyl halides is 1. The molecule has 2 rings (SSSR count). The summed E-state index contributed by atoms with van der Waals surface area (Å²) in [6.07, 6.45) is -0.307. The Bertz CT molecular complexity index is 513. The maximum absolute atomic E-state index is 13.0. The molecule has 1 amide bonds. The van der Waals surface area contributed by atoms with Crippen molar-refractivity contribution >= 4 is 29.3 Å². The van der Waals surface area contributed by atoms with Gasteiger partial charge < -0.3 is 30.7 Å². The highest BCUT2D eigenvalue weighted by atomic mass is 35.5. The van der Waals surface area contributed by atoms with Gasteiger partial charge in [-0.25, -0.2) is 0 Å². The lowest BCUT2D eigenvalue weighted by Crippen LogP contribution is -2.65. The summed E-state index contributed by atoms with van der Waals surface area (Å²) in [5.74, 6) is 0.842. The van der Waals surface area contributed by atoms with Gasteiger partial charge in [-0.15, -0.1) is 23.4 Å². The molecule has 0 aromatic rings. The van der Waals surface area contributed by atoms with Crippen molar-refractivity contribution in [2.24, 2.45) is 11.8 Å². The first-order valence-electron chi connectivity index (χ1n) is 10.1. The van der Waals surface area contributed by atoms with E-state index in [4.69, 9.17) is 16.3 Å². The van der Waals surface area contributed by atoms with Crippen LogP contribution in [0.25, 0.3) is 0 Å². The average molecular weight is 439 g/mol. The molecule has 0 saturated carbocycles. The number of hydrogen-bond acceptors (Lipinski definition) is 7. The van der Waals surface area contributed by atoms with Gasteiger partial charge in [-0.05, 0) is 44.4 Å². The third-order valence-electron chi connectivity index (χ3n) is 6.17. The minimum Gasteiger partial charge on any atom is -0.388 e. The van der Waals surface area contributed by atoms with Gasteiger partial charge in [0.05, 0.1) is 17.5 Å². The number of rotatable bonds is 6. The molecule has 2 aliphatic heterocycles. The second-order valence-electron chi connectivity index (χ2n) is 8.07. The molecule has 164 valence electrons. The molecule has 10 atom stereocenters. The molecule has 0 radical (unpaired) electrons. The van der Waals surface area contributed by atoms with Crippen LogP contribution in [0.5, 0.6) is 0 Å². The molecule has 2 saturated heterocycles. The first-order valence-corrected chi connectivity index (χ1v) is 11.8. The number of aliphatic hydroxyl groups is 3. The molecular weight excluding hydrogens is 404 g/mol. The zero-order valence-corrected chi connectivity index (χ0v) is 18.6. The van der Waals surface area contributed by atoms with Crippen LogP contribution in [0.3, 0.4) is 0 Å². The zero-order chi connectivity index (χ0) is 21.0.